The zero-order valence-corrected chi connectivity index (χ0v) is 16.8. The van der Waals surface area contributed by atoms with Gasteiger partial charge in [-0.15, -0.1) is 0 Å². The number of ether oxygens (including phenoxy) is 3. The monoisotopic (exact) mass is 391 g/mol. The number of hydrogen-bond donors (Lipinski definition) is 0. The van der Waals surface area contributed by atoms with Crippen molar-refractivity contribution < 1.29 is 19.0 Å². The van der Waals surface area contributed by atoms with Crippen molar-refractivity contribution >= 4 is 16.7 Å². The number of amides is 1. The lowest BCUT2D eigenvalue weighted by Crippen LogP contribution is -2.29. The van der Waals surface area contributed by atoms with Crippen LogP contribution in [0.2, 0.25) is 0 Å². The Bertz CT molecular complexity index is 1030. The molecule has 5 heteroatoms. The van der Waals surface area contributed by atoms with Gasteiger partial charge in [0.1, 0.15) is 23.9 Å². The van der Waals surface area contributed by atoms with Gasteiger partial charge in [0.15, 0.2) is 0 Å². The van der Waals surface area contributed by atoms with Crippen LogP contribution in [0.1, 0.15) is 12.8 Å². The van der Waals surface area contributed by atoms with Gasteiger partial charge in [-0.05, 0) is 53.1 Å². The summed E-state index contributed by atoms with van der Waals surface area (Å²) in [5.74, 6) is 2.53. The maximum absolute atomic E-state index is 11.8. The molecule has 3 aromatic rings. The van der Waals surface area contributed by atoms with Gasteiger partial charge in [0.05, 0.1) is 20.8 Å². The molecule has 150 valence electrons. The van der Waals surface area contributed by atoms with Crippen LogP contribution in [0.4, 0.5) is 0 Å². The molecule has 5 nitrogen and oxygen atoms in total. The van der Waals surface area contributed by atoms with Gasteiger partial charge >= 0.3 is 0 Å². The third-order valence-corrected chi connectivity index (χ3v) is 5.33. The molecule has 0 aliphatic carbocycles. The first kappa shape index (κ1) is 19.1. The number of carbonyl (C=O) groups is 1. The number of nitrogens with zero attached hydrogens (tertiary/aromatic N) is 1. The first-order chi connectivity index (χ1) is 14.2. The summed E-state index contributed by atoms with van der Waals surface area (Å²) in [6.07, 6.45) is 1.59. The summed E-state index contributed by atoms with van der Waals surface area (Å²) in [5, 5.41) is 2.20. The van der Waals surface area contributed by atoms with E-state index in [1.807, 2.05) is 47.4 Å². The van der Waals surface area contributed by atoms with Crippen LogP contribution in [0, 0.1) is 0 Å². The average molecular weight is 391 g/mol. The highest BCUT2D eigenvalue weighted by Gasteiger charge is 2.19. The smallest absolute Gasteiger partial charge is 0.222 e. The minimum atomic E-state index is 0.217. The molecule has 0 bridgehead atoms. The molecule has 3 aromatic carbocycles. The van der Waals surface area contributed by atoms with E-state index in [0.717, 1.165) is 52.1 Å². The molecular formula is C24H25NO4. The molecule has 0 spiro atoms. The largest absolute Gasteiger partial charge is 0.497 e. The summed E-state index contributed by atoms with van der Waals surface area (Å²) in [6, 6.07) is 18.1. The summed E-state index contributed by atoms with van der Waals surface area (Å²) in [6.45, 7) is 1.91. The molecule has 1 amide bonds. The second-order valence-corrected chi connectivity index (χ2v) is 7.09. The fourth-order valence-corrected chi connectivity index (χ4v) is 3.83. The van der Waals surface area contributed by atoms with Gasteiger partial charge in [-0.2, -0.15) is 0 Å². The minimum absolute atomic E-state index is 0.217. The number of methoxy groups -OCH3 is 2. The number of rotatable bonds is 7. The SMILES string of the molecule is COc1ccc(OC)c(-c2cc(OCCN3CCCC3=O)cc3ccccc23)c1. The maximum Gasteiger partial charge on any atom is 0.222 e. The first-order valence-electron chi connectivity index (χ1n) is 9.85. The van der Waals surface area contributed by atoms with Crippen LogP contribution < -0.4 is 14.2 Å². The molecule has 1 saturated heterocycles. The summed E-state index contributed by atoms with van der Waals surface area (Å²) in [4.78, 5) is 13.7. The summed E-state index contributed by atoms with van der Waals surface area (Å²) >= 11 is 0. The number of fused-ring (bicyclic) bond motifs is 1. The average Bonchev–Trinajstić information content (AvgIpc) is 3.17. The second-order valence-electron chi connectivity index (χ2n) is 7.09. The Morgan fingerprint density at radius 1 is 0.931 bits per heavy atom. The van der Waals surface area contributed by atoms with Gasteiger partial charge in [0, 0.05) is 18.5 Å². The van der Waals surface area contributed by atoms with E-state index in [0.29, 0.717) is 19.6 Å². The van der Waals surface area contributed by atoms with E-state index in [4.69, 9.17) is 14.2 Å². The highest BCUT2D eigenvalue weighted by atomic mass is 16.5. The Balaban J connectivity index is 1.69. The molecule has 1 fully saturated rings. The molecule has 0 aromatic heterocycles. The Kier molecular flexibility index (Phi) is 5.56. The van der Waals surface area contributed by atoms with Crippen molar-refractivity contribution in [3.8, 4) is 28.4 Å². The lowest BCUT2D eigenvalue weighted by atomic mass is 9.97. The molecule has 1 aliphatic rings. The third kappa shape index (κ3) is 3.99. The van der Waals surface area contributed by atoms with Crippen LogP contribution in [0.15, 0.2) is 54.6 Å². The van der Waals surface area contributed by atoms with Gasteiger partial charge in [-0.25, -0.2) is 0 Å². The number of benzene rings is 3. The van der Waals surface area contributed by atoms with E-state index < -0.39 is 0 Å². The van der Waals surface area contributed by atoms with Crippen LogP contribution in [0.3, 0.4) is 0 Å². The molecule has 0 unspecified atom stereocenters. The van der Waals surface area contributed by atoms with Gasteiger partial charge in [0.25, 0.3) is 0 Å². The van der Waals surface area contributed by atoms with E-state index >= 15 is 0 Å². The predicted molar refractivity (Wildman–Crippen MR) is 114 cm³/mol. The van der Waals surface area contributed by atoms with E-state index in [1.165, 1.54) is 0 Å². The Labute approximate surface area is 170 Å². The Hall–Kier alpha value is -3.21. The van der Waals surface area contributed by atoms with Crippen molar-refractivity contribution in [3.05, 3.63) is 54.6 Å². The highest BCUT2D eigenvalue weighted by molar-refractivity contribution is 5.99. The molecule has 1 heterocycles. The van der Waals surface area contributed by atoms with Crippen LogP contribution in [-0.4, -0.2) is 44.7 Å². The molecule has 0 atom stereocenters. The van der Waals surface area contributed by atoms with Crippen LogP contribution >= 0.6 is 0 Å². The second kappa shape index (κ2) is 8.43. The normalized spacial score (nSPS) is 13.7. The van der Waals surface area contributed by atoms with E-state index in [1.54, 1.807) is 14.2 Å². The predicted octanol–water partition coefficient (Wildman–Crippen LogP) is 4.53. The van der Waals surface area contributed by atoms with Gasteiger partial charge in [-0.1, -0.05) is 24.3 Å². The van der Waals surface area contributed by atoms with Crippen molar-refractivity contribution in [1.82, 2.24) is 4.90 Å². The molecule has 1 aliphatic heterocycles. The van der Waals surface area contributed by atoms with Crippen LogP contribution in [-0.2, 0) is 4.79 Å². The lowest BCUT2D eigenvalue weighted by molar-refractivity contribution is -0.128. The van der Waals surface area contributed by atoms with Crippen molar-refractivity contribution in [2.45, 2.75) is 12.8 Å². The summed E-state index contributed by atoms with van der Waals surface area (Å²) in [5.41, 5.74) is 1.97. The fourth-order valence-electron chi connectivity index (χ4n) is 3.83. The maximum atomic E-state index is 11.8. The zero-order chi connectivity index (χ0) is 20.2. The van der Waals surface area contributed by atoms with E-state index in [2.05, 4.69) is 12.1 Å². The Morgan fingerprint density at radius 3 is 2.52 bits per heavy atom. The van der Waals surface area contributed by atoms with E-state index in [9.17, 15) is 4.79 Å². The van der Waals surface area contributed by atoms with Crippen LogP contribution in [0.5, 0.6) is 17.2 Å². The first-order valence-corrected chi connectivity index (χ1v) is 9.85. The Morgan fingerprint density at radius 2 is 1.76 bits per heavy atom. The lowest BCUT2D eigenvalue weighted by Gasteiger charge is -2.17. The summed E-state index contributed by atoms with van der Waals surface area (Å²) < 4.78 is 17.1. The van der Waals surface area contributed by atoms with Gasteiger partial charge in [-0.3, -0.25) is 4.79 Å². The molecule has 0 radical (unpaired) electrons. The van der Waals surface area contributed by atoms with E-state index in [-0.39, 0.29) is 5.91 Å². The van der Waals surface area contributed by atoms with Crippen molar-refractivity contribution in [2.24, 2.45) is 0 Å². The van der Waals surface area contributed by atoms with Gasteiger partial charge in [0.2, 0.25) is 5.91 Å². The number of hydrogen-bond acceptors (Lipinski definition) is 4. The zero-order valence-electron chi connectivity index (χ0n) is 16.8. The molecular weight excluding hydrogens is 366 g/mol. The summed E-state index contributed by atoms with van der Waals surface area (Å²) in [7, 11) is 3.32. The fraction of sp³-hybridized carbons (Fsp3) is 0.292. The number of carbonyl (C=O) groups excluding carboxylic acids is 1. The number of likely N-dealkylation sites (tertiary alicyclic amines) is 1. The van der Waals surface area contributed by atoms with Gasteiger partial charge < -0.3 is 19.1 Å². The third-order valence-electron chi connectivity index (χ3n) is 5.33. The molecule has 29 heavy (non-hydrogen) atoms. The standard InChI is InChI=1S/C24H25NO4/c1-27-18-9-10-23(28-2)22(15-18)21-16-19(14-17-6-3-4-7-20(17)21)29-13-12-25-11-5-8-24(25)26/h3-4,6-7,9-10,14-16H,5,8,11-13H2,1-2H3. The topological polar surface area (TPSA) is 48.0 Å². The van der Waals surface area contributed by atoms with Crippen molar-refractivity contribution in [1.29, 1.82) is 0 Å². The molecule has 0 saturated carbocycles. The van der Waals surface area contributed by atoms with Crippen molar-refractivity contribution in [3.63, 3.8) is 0 Å². The van der Waals surface area contributed by atoms with Crippen molar-refractivity contribution in [2.75, 3.05) is 33.9 Å². The highest BCUT2D eigenvalue weighted by Crippen LogP contribution is 2.39. The van der Waals surface area contributed by atoms with Crippen LogP contribution in [0.25, 0.3) is 21.9 Å². The quantitative estimate of drug-likeness (QED) is 0.594. The molecule has 4 rings (SSSR count). The minimum Gasteiger partial charge on any atom is -0.497 e. The molecule has 0 N–H and O–H groups in total.